The second-order valence-corrected chi connectivity index (χ2v) is 8.91. The predicted octanol–water partition coefficient (Wildman–Crippen LogP) is 3.64. The normalized spacial score (nSPS) is 13.8. The molecule has 8 heteroatoms. The maximum absolute atomic E-state index is 12.8. The smallest absolute Gasteiger partial charge is 0.274 e. The minimum Gasteiger partial charge on any atom is -0.508 e. The van der Waals surface area contributed by atoms with Crippen molar-refractivity contribution in [3.8, 4) is 33.9 Å². The molecule has 8 nitrogen and oxygen atoms in total. The topological polar surface area (TPSA) is 119 Å². The van der Waals surface area contributed by atoms with Crippen molar-refractivity contribution < 1.29 is 24.6 Å². The van der Waals surface area contributed by atoms with Gasteiger partial charge in [0.05, 0.1) is 17.7 Å². The molecule has 0 spiro atoms. The summed E-state index contributed by atoms with van der Waals surface area (Å²) in [5.41, 5.74) is 4.78. The number of rotatable bonds is 7. The van der Waals surface area contributed by atoms with Crippen LogP contribution in [0.2, 0.25) is 0 Å². The molecule has 2 heterocycles. The van der Waals surface area contributed by atoms with Crippen molar-refractivity contribution in [2.45, 2.75) is 39.7 Å². The van der Waals surface area contributed by atoms with Crippen LogP contribution in [-0.4, -0.2) is 57.5 Å². The standard InChI is InChI=1S/C26H31N3O5/c1-4-27-26(33)24-23(17-5-6-18-14-29(9-10-30)8-7-16(18)11-17)25(34-28-24)20-12-19(15(2)3)21(31)13-22(20)32/h5-6,11-13,15,30-32H,4,7-10,14H2,1-3H3,(H,27,33). The Labute approximate surface area is 198 Å². The number of phenolic OH excluding ortho intramolecular Hbond substituents is 2. The van der Waals surface area contributed by atoms with Crippen LogP contribution in [0.1, 0.15) is 53.9 Å². The number of aromatic nitrogens is 1. The van der Waals surface area contributed by atoms with Crippen LogP contribution < -0.4 is 5.32 Å². The Hall–Kier alpha value is -3.36. The first-order valence-corrected chi connectivity index (χ1v) is 11.6. The highest BCUT2D eigenvalue weighted by atomic mass is 16.5. The fraction of sp³-hybridized carbons (Fsp3) is 0.385. The van der Waals surface area contributed by atoms with Crippen LogP contribution in [0.4, 0.5) is 0 Å². The Kier molecular flexibility index (Phi) is 6.90. The molecule has 180 valence electrons. The van der Waals surface area contributed by atoms with E-state index in [9.17, 15) is 20.1 Å². The van der Waals surface area contributed by atoms with Crippen LogP contribution >= 0.6 is 0 Å². The zero-order valence-corrected chi connectivity index (χ0v) is 19.8. The van der Waals surface area contributed by atoms with Crippen LogP contribution in [-0.2, 0) is 13.0 Å². The van der Waals surface area contributed by atoms with Crippen molar-refractivity contribution in [3.05, 3.63) is 52.7 Å². The van der Waals surface area contributed by atoms with Gasteiger partial charge in [0.25, 0.3) is 5.91 Å². The van der Waals surface area contributed by atoms with Crippen molar-refractivity contribution in [1.29, 1.82) is 0 Å². The number of nitrogens with one attached hydrogen (secondary N) is 1. The van der Waals surface area contributed by atoms with Gasteiger partial charge in [0.1, 0.15) is 11.5 Å². The zero-order valence-electron chi connectivity index (χ0n) is 19.8. The molecule has 4 rings (SSSR count). The lowest BCUT2D eigenvalue weighted by Gasteiger charge is -2.28. The van der Waals surface area contributed by atoms with Crippen LogP contribution in [0.3, 0.4) is 0 Å². The number of carbonyl (C=O) groups excluding carboxylic acids is 1. The minimum atomic E-state index is -0.360. The van der Waals surface area contributed by atoms with Gasteiger partial charge in [0.2, 0.25) is 0 Å². The monoisotopic (exact) mass is 465 g/mol. The van der Waals surface area contributed by atoms with Gasteiger partial charge in [0.15, 0.2) is 11.5 Å². The summed E-state index contributed by atoms with van der Waals surface area (Å²) in [6.07, 6.45) is 0.822. The lowest BCUT2D eigenvalue weighted by atomic mass is 9.91. The second-order valence-electron chi connectivity index (χ2n) is 8.91. The third kappa shape index (κ3) is 4.51. The van der Waals surface area contributed by atoms with Gasteiger partial charge < -0.3 is 25.2 Å². The first-order valence-electron chi connectivity index (χ1n) is 11.6. The van der Waals surface area contributed by atoms with E-state index in [0.717, 1.165) is 25.1 Å². The van der Waals surface area contributed by atoms with E-state index in [1.807, 2.05) is 39.0 Å². The number of benzene rings is 2. The number of aromatic hydroxyl groups is 2. The van der Waals surface area contributed by atoms with E-state index < -0.39 is 0 Å². The van der Waals surface area contributed by atoms with E-state index in [-0.39, 0.29) is 41.4 Å². The van der Waals surface area contributed by atoms with Crippen molar-refractivity contribution in [3.63, 3.8) is 0 Å². The third-order valence-electron chi connectivity index (χ3n) is 6.26. The highest BCUT2D eigenvalue weighted by Crippen LogP contribution is 2.43. The first kappa shape index (κ1) is 23.8. The highest BCUT2D eigenvalue weighted by molar-refractivity contribution is 6.02. The summed E-state index contributed by atoms with van der Waals surface area (Å²) in [4.78, 5) is 15.0. The van der Waals surface area contributed by atoms with E-state index in [1.54, 1.807) is 6.07 Å². The van der Waals surface area contributed by atoms with Gasteiger partial charge >= 0.3 is 0 Å². The lowest BCUT2D eigenvalue weighted by Crippen LogP contribution is -2.32. The molecule has 1 aromatic heterocycles. The molecule has 0 saturated heterocycles. The third-order valence-corrected chi connectivity index (χ3v) is 6.26. The van der Waals surface area contributed by atoms with E-state index in [4.69, 9.17) is 4.52 Å². The number of fused-ring (bicyclic) bond motifs is 1. The summed E-state index contributed by atoms with van der Waals surface area (Å²) >= 11 is 0. The zero-order chi connectivity index (χ0) is 24.4. The quantitative estimate of drug-likeness (QED) is 0.421. The Balaban J connectivity index is 1.85. The van der Waals surface area contributed by atoms with E-state index >= 15 is 0 Å². The average Bonchev–Trinajstić information content (AvgIpc) is 3.24. The molecule has 1 aliphatic rings. The molecule has 1 amide bonds. The summed E-state index contributed by atoms with van der Waals surface area (Å²) in [5.74, 6) is -0.221. The molecule has 0 bridgehead atoms. The molecular weight excluding hydrogens is 434 g/mol. The Bertz CT molecular complexity index is 1200. The summed E-state index contributed by atoms with van der Waals surface area (Å²) in [7, 11) is 0. The molecule has 2 aromatic carbocycles. The SMILES string of the molecule is CCNC(=O)c1noc(-c2cc(C(C)C)c(O)cc2O)c1-c1ccc2c(c1)CCN(CCO)C2. The van der Waals surface area contributed by atoms with E-state index in [0.29, 0.717) is 29.8 Å². The highest BCUT2D eigenvalue weighted by Gasteiger charge is 2.28. The molecular formula is C26H31N3O5. The van der Waals surface area contributed by atoms with Gasteiger partial charge in [-0.25, -0.2) is 0 Å². The number of phenols is 2. The fourth-order valence-electron chi connectivity index (χ4n) is 4.48. The largest absolute Gasteiger partial charge is 0.508 e. The van der Waals surface area contributed by atoms with Crippen molar-refractivity contribution in [1.82, 2.24) is 15.4 Å². The van der Waals surface area contributed by atoms with Gasteiger partial charge in [0, 0.05) is 32.2 Å². The number of β-amino-alcohol motifs (C(OH)–C–C–N with tert-alkyl or cyclic N) is 1. The van der Waals surface area contributed by atoms with Gasteiger partial charge in [-0.3, -0.25) is 9.69 Å². The number of carbonyl (C=O) groups is 1. The Morgan fingerprint density at radius 2 is 1.97 bits per heavy atom. The molecule has 1 aliphatic heterocycles. The number of hydrogen-bond donors (Lipinski definition) is 4. The lowest BCUT2D eigenvalue weighted by molar-refractivity contribution is 0.0947. The number of aliphatic hydroxyl groups excluding tert-OH is 1. The molecule has 0 fully saturated rings. The maximum Gasteiger partial charge on any atom is 0.274 e. The Morgan fingerprint density at radius 3 is 2.68 bits per heavy atom. The fourth-order valence-corrected chi connectivity index (χ4v) is 4.48. The van der Waals surface area contributed by atoms with Crippen molar-refractivity contribution >= 4 is 5.91 Å². The minimum absolute atomic E-state index is 0.00230. The molecule has 0 unspecified atom stereocenters. The molecule has 0 radical (unpaired) electrons. The molecule has 4 N–H and O–H groups in total. The summed E-state index contributed by atoms with van der Waals surface area (Å²) in [6.45, 7) is 8.52. The van der Waals surface area contributed by atoms with Crippen molar-refractivity contribution in [2.24, 2.45) is 0 Å². The average molecular weight is 466 g/mol. The number of amides is 1. The number of aliphatic hydroxyl groups is 1. The van der Waals surface area contributed by atoms with Gasteiger partial charge in [-0.2, -0.15) is 0 Å². The van der Waals surface area contributed by atoms with E-state index in [2.05, 4.69) is 15.4 Å². The summed E-state index contributed by atoms with van der Waals surface area (Å²) < 4.78 is 5.66. The van der Waals surface area contributed by atoms with Gasteiger partial charge in [-0.1, -0.05) is 37.2 Å². The van der Waals surface area contributed by atoms with Gasteiger partial charge in [-0.15, -0.1) is 0 Å². The molecule has 0 aliphatic carbocycles. The molecule has 0 saturated carbocycles. The number of nitrogens with zero attached hydrogens (tertiary/aromatic N) is 2. The molecule has 0 atom stereocenters. The summed E-state index contributed by atoms with van der Waals surface area (Å²) in [6, 6.07) is 8.99. The van der Waals surface area contributed by atoms with Gasteiger partial charge in [-0.05, 0) is 47.6 Å². The number of hydrogen-bond acceptors (Lipinski definition) is 7. The van der Waals surface area contributed by atoms with Crippen LogP contribution in [0.15, 0.2) is 34.9 Å². The van der Waals surface area contributed by atoms with E-state index in [1.165, 1.54) is 17.2 Å². The maximum atomic E-state index is 12.8. The van der Waals surface area contributed by atoms with Crippen LogP contribution in [0.5, 0.6) is 11.5 Å². The summed E-state index contributed by atoms with van der Waals surface area (Å²) in [5, 5.41) is 37.1. The van der Waals surface area contributed by atoms with Crippen LogP contribution in [0.25, 0.3) is 22.5 Å². The van der Waals surface area contributed by atoms with Crippen molar-refractivity contribution in [2.75, 3.05) is 26.2 Å². The first-order chi connectivity index (χ1) is 16.3. The predicted molar refractivity (Wildman–Crippen MR) is 129 cm³/mol. The van der Waals surface area contributed by atoms with Crippen LogP contribution in [0, 0.1) is 0 Å². The Morgan fingerprint density at radius 1 is 1.18 bits per heavy atom. The molecule has 34 heavy (non-hydrogen) atoms. The molecule has 3 aromatic rings. The second kappa shape index (κ2) is 9.87.